The van der Waals surface area contributed by atoms with Crippen molar-refractivity contribution >= 4 is 28.3 Å². The van der Waals surface area contributed by atoms with Gasteiger partial charge in [-0.1, -0.05) is 0 Å². The van der Waals surface area contributed by atoms with Gasteiger partial charge in [0.05, 0.1) is 12.2 Å². The van der Waals surface area contributed by atoms with Crippen molar-refractivity contribution in [3.05, 3.63) is 11.1 Å². The number of nitrogens with one attached hydrogen (secondary N) is 2. The lowest BCUT2D eigenvalue weighted by Crippen LogP contribution is -2.35. The Balaban J connectivity index is 2.29. The topological polar surface area (TPSA) is 83.6 Å². The van der Waals surface area contributed by atoms with Crippen LogP contribution in [0.3, 0.4) is 0 Å². The zero-order valence-electron chi connectivity index (χ0n) is 12.6. The summed E-state index contributed by atoms with van der Waals surface area (Å²) in [6.45, 7) is 3.56. The van der Waals surface area contributed by atoms with E-state index < -0.39 is 0 Å². The summed E-state index contributed by atoms with van der Waals surface area (Å²) in [4.78, 5) is 28.8. The third-order valence-corrected chi connectivity index (χ3v) is 3.33. The van der Waals surface area contributed by atoms with Crippen molar-refractivity contribution in [3.63, 3.8) is 0 Å². The van der Waals surface area contributed by atoms with Crippen molar-refractivity contribution in [1.82, 2.24) is 15.2 Å². The number of hydrogen-bond acceptors (Lipinski definition) is 6. The van der Waals surface area contributed by atoms with E-state index in [0.29, 0.717) is 31.4 Å². The zero-order valence-corrected chi connectivity index (χ0v) is 13.5. The average molecular weight is 314 g/mol. The lowest BCUT2D eigenvalue weighted by molar-refractivity contribution is -0.122. The fourth-order valence-corrected chi connectivity index (χ4v) is 2.41. The molecular formula is C13H22N4O3S. The molecule has 0 saturated heterocycles. The van der Waals surface area contributed by atoms with E-state index in [1.807, 2.05) is 17.3 Å². The molecule has 0 aliphatic rings. The van der Waals surface area contributed by atoms with Gasteiger partial charge in [-0.05, 0) is 13.5 Å². The summed E-state index contributed by atoms with van der Waals surface area (Å²) in [6, 6.07) is 0. The second kappa shape index (κ2) is 9.43. The number of likely N-dealkylation sites (N-methyl/N-ethyl adjacent to an activating group) is 1. The van der Waals surface area contributed by atoms with Crippen molar-refractivity contribution in [1.29, 1.82) is 0 Å². The number of thiazole rings is 1. The van der Waals surface area contributed by atoms with E-state index in [0.717, 1.165) is 12.1 Å². The number of nitrogens with zero attached hydrogens (tertiary/aromatic N) is 2. The Bertz CT molecular complexity index is 464. The number of amides is 2. The van der Waals surface area contributed by atoms with E-state index in [1.54, 1.807) is 7.11 Å². The number of ether oxygens (including phenoxy) is 1. The van der Waals surface area contributed by atoms with Crippen LogP contribution < -0.4 is 10.6 Å². The fraction of sp³-hybridized carbons (Fsp3) is 0.615. The Morgan fingerprint density at radius 3 is 2.90 bits per heavy atom. The summed E-state index contributed by atoms with van der Waals surface area (Å²) >= 11 is 1.37. The Morgan fingerprint density at radius 2 is 2.24 bits per heavy atom. The van der Waals surface area contributed by atoms with Crippen LogP contribution in [0.15, 0.2) is 5.38 Å². The van der Waals surface area contributed by atoms with Gasteiger partial charge in [0, 0.05) is 39.1 Å². The maximum atomic E-state index is 11.7. The van der Waals surface area contributed by atoms with Crippen LogP contribution >= 0.6 is 11.3 Å². The Hall–Kier alpha value is -1.51. The Labute approximate surface area is 128 Å². The molecule has 0 spiro atoms. The van der Waals surface area contributed by atoms with Crippen LogP contribution in [0.1, 0.15) is 19.0 Å². The molecule has 8 heteroatoms. The fourth-order valence-electron chi connectivity index (χ4n) is 1.67. The lowest BCUT2D eigenvalue weighted by atomic mass is 10.4. The first-order chi connectivity index (χ1) is 10.0. The maximum Gasteiger partial charge on any atom is 0.234 e. The second-order valence-electron chi connectivity index (χ2n) is 4.69. The predicted octanol–water partition coefficient (Wildman–Crippen LogP) is 0.686. The summed E-state index contributed by atoms with van der Waals surface area (Å²) in [7, 11) is 3.49. The second-order valence-corrected chi connectivity index (χ2v) is 5.55. The van der Waals surface area contributed by atoms with Gasteiger partial charge in [-0.15, -0.1) is 11.3 Å². The standard InChI is InChI=1S/C13H22N4O3S/c1-10(18)15-13-16-11(9-21-13)7-17(2)8-12(19)14-5-4-6-20-3/h9H,4-8H2,1-3H3,(H,14,19)(H,15,16,18). The van der Waals surface area contributed by atoms with Crippen molar-refractivity contribution in [3.8, 4) is 0 Å². The molecule has 7 nitrogen and oxygen atoms in total. The first kappa shape index (κ1) is 17.5. The van der Waals surface area contributed by atoms with E-state index in [1.165, 1.54) is 18.3 Å². The number of hydrogen-bond donors (Lipinski definition) is 2. The highest BCUT2D eigenvalue weighted by molar-refractivity contribution is 7.13. The van der Waals surface area contributed by atoms with Crippen LogP contribution in [-0.2, 0) is 20.9 Å². The molecule has 0 aliphatic carbocycles. The van der Waals surface area contributed by atoms with E-state index >= 15 is 0 Å². The lowest BCUT2D eigenvalue weighted by Gasteiger charge is -2.14. The highest BCUT2D eigenvalue weighted by Crippen LogP contribution is 2.16. The molecule has 1 rings (SSSR count). The van der Waals surface area contributed by atoms with Crippen molar-refractivity contribution in [2.75, 3.05) is 39.2 Å². The van der Waals surface area contributed by atoms with Gasteiger partial charge in [-0.3, -0.25) is 14.5 Å². The van der Waals surface area contributed by atoms with Gasteiger partial charge >= 0.3 is 0 Å². The van der Waals surface area contributed by atoms with Gasteiger partial charge in [0.25, 0.3) is 0 Å². The molecule has 0 atom stereocenters. The third-order valence-electron chi connectivity index (χ3n) is 2.53. The monoisotopic (exact) mass is 314 g/mol. The normalized spacial score (nSPS) is 10.7. The van der Waals surface area contributed by atoms with Crippen LogP contribution in [0, 0.1) is 0 Å². The SMILES string of the molecule is COCCCNC(=O)CN(C)Cc1csc(NC(C)=O)n1. The van der Waals surface area contributed by atoms with Gasteiger partial charge in [0.2, 0.25) is 11.8 Å². The molecule has 21 heavy (non-hydrogen) atoms. The van der Waals surface area contributed by atoms with Crippen molar-refractivity contribution < 1.29 is 14.3 Å². The van der Waals surface area contributed by atoms with Crippen LogP contribution in [0.5, 0.6) is 0 Å². The summed E-state index contributed by atoms with van der Waals surface area (Å²) in [5.41, 5.74) is 0.832. The molecule has 0 aromatic carbocycles. The first-order valence-corrected chi connectivity index (χ1v) is 7.55. The van der Waals surface area contributed by atoms with Gasteiger partial charge in [0.1, 0.15) is 0 Å². The molecule has 0 saturated carbocycles. The predicted molar refractivity (Wildman–Crippen MR) is 82.3 cm³/mol. The maximum absolute atomic E-state index is 11.7. The van der Waals surface area contributed by atoms with Crippen LogP contribution in [0.25, 0.3) is 0 Å². The van der Waals surface area contributed by atoms with Crippen LogP contribution in [0.2, 0.25) is 0 Å². The summed E-state index contributed by atoms with van der Waals surface area (Å²) in [6.07, 6.45) is 0.804. The molecule has 0 fully saturated rings. The van der Waals surface area contributed by atoms with Gasteiger partial charge in [-0.2, -0.15) is 0 Å². The Morgan fingerprint density at radius 1 is 1.48 bits per heavy atom. The van der Waals surface area contributed by atoms with Gasteiger partial charge < -0.3 is 15.4 Å². The largest absolute Gasteiger partial charge is 0.385 e. The van der Waals surface area contributed by atoms with Gasteiger partial charge in [-0.25, -0.2) is 4.98 Å². The van der Waals surface area contributed by atoms with Crippen LogP contribution in [-0.4, -0.2) is 55.6 Å². The molecule has 0 aliphatic heterocycles. The smallest absolute Gasteiger partial charge is 0.234 e. The highest BCUT2D eigenvalue weighted by atomic mass is 32.1. The number of anilines is 1. The molecule has 1 aromatic heterocycles. The quantitative estimate of drug-likeness (QED) is 0.655. The van der Waals surface area contributed by atoms with E-state index in [2.05, 4.69) is 15.6 Å². The minimum atomic E-state index is -0.139. The van der Waals surface area contributed by atoms with Crippen LogP contribution in [0.4, 0.5) is 5.13 Å². The van der Waals surface area contributed by atoms with Gasteiger partial charge in [0.15, 0.2) is 5.13 Å². The molecule has 118 valence electrons. The summed E-state index contributed by atoms with van der Waals surface area (Å²) in [5.74, 6) is -0.161. The Kier molecular flexibility index (Phi) is 7.88. The minimum absolute atomic E-state index is 0.0223. The third kappa shape index (κ3) is 7.74. The first-order valence-electron chi connectivity index (χ1n) is 6.67. The minimum Gasteiger partial charge on any atom is -0.385 e. The number of carbonyl (C=O) groups is 2. The molecule has 0 unspecified atom stereocenters. The van der Waals surface area contributed by atoms with E-state index in [4.69, 9.17) is 4.74 Å². The molecular weight excluding hydrogens is 292 g/mol. The number of aromatic nitrogens is 1. The number of methoxy groups -OCH3 is 1. The van der Waals surface area contributed by atoms with Crippen molar-refractivity contribution in [2.45, 2.75) is 19.9 Å². The average Bonchev–Trinajstić information content (AvgIpc) is 2.80. The highest BCUT2D eigenvalue weighted by Gasteiger charge is 2.09. The van der Waals surface area contributed by atoms with E-state index in [9.17, 15) is 9.59 Å². The molecule has 2 amide bonds. The summed E-state index contributed by atoms with van der Waals surface area (Å²) < 4.78 is 4.91. The molecule has 1 heterocycles. The number of rotatable bonds is 9. The molecule has 1 aromatic rings. The molecule has 2 N–H and O–H groups in total. The number of carbonyl (C=O) groups excluding carboxylic acids is 2. The van der Waals surface area contributed by atoms with Crippen molar-refractivity contribution in [2.24, 2.45) is 0 Å². The molecule has 0 bridgehead atoms. The van der Waals surface area contributed by atoms with E-state index in [-0.39, 0.29) is 11.8 Å². The summed E-state index contributed by atoms with van der Waals surface area (Å²) in [5, 5.41) is 7.92. The molecule has 0 radical (unpaired) electrons. The zero-order chi connectivity index (χ0) is 15.7.